The fourth-order valence-corrected chi connectivity index (χ4v) is 8.76. The van der Waals surface area contributed by atoms with Crippen LogP contribution in [0.15, 0.2) is 84.9 Å². The Labute approximate surface area is 264 Å². The van der Waals surface area contributed by atoms with Crippen LogP contribution in [0.3, 0.4) is 0 Å². The van der Waals surface area contributed by atoms with Gasteiger partial charge in [-0.15, -0.1) is 0 Å². The topological polar surface area (TPSA) is 122 Å². The first-order valence-electron chi connectivity index (χ1n) is 15.6. The van der Waals surface area contributed by atoms with E-state index in [-0.39, 0.29) is 29.9 Å². The quantitative estimate of drug-likeness (QED) is 0.347. The predicted molar refractivity (Wildman–Crippen MR) is 169 cm³/mol. The van der Waals surface area contributed by atoms with E-state index >= 15 is 0 Å². The monoisotopic (exact) mass is 632 g/mol. The predicted octanol–water partition coefficient (Wildman–Crippen LogP) is 3.99. The molecule has 0 aromatic heterocycles. The minimum Gasteiger partial charge on any atom is -0.444 e. The van der Waals surface area contributed by atoms with Gasteiger partial charge >= 0.3 is 6.09 Å². The largest absolute Gasteiger partial charge is 0.444 e. The Morgan fingerprint density at radius 3 is 2.42 bits per heavy atom. The molecule has 2 saturated heterocycles. The number of likely N-dealkylation sites (tertiary alicyclic amines) is 1. The number of nitrogens with one attached hydrogen (secondary N) is 1. The summed E-state index contributed by atoms with van der Waals surface area (Å²) in [6.45, 7) is 1.23. The van der Waals surface area contributed by atoms with E-state index in [0.717, 1.165) is 22.3 Å². The van der Waals surface area contributed by atoms with Gasteiger partial charge in [0.2, 0.25) is 5.91 Å². The van der Waals surface area contributed by atoms with E-state index < -0.39 is 39.5 Å². The molecular weight excluding hydrogens is 592 g/mol. The van der Waals surface area contributed by atoms with E-state index in [9.17, 15) is 23.1 Å². The molecule has 6 rings (SSSR count). The van der Waals surface area contributed by atoms with Gasteiger partial charge in [0, 0.05) is 13.0 Å². The normalized spacial score (nSPS) is 25.4. The second-order valence-electron chi connectivity index (χ2n) is 12.6. The van der Waals surface area contributed by atoms with Crippen molar-refractivity contribution in [3.8, 4) is 0 Å². The van der Waals surface area contributed by atoms with Gasteiger partial charge < -0.3 is 24.8 Å². The van der Waals surface area contributed by atoms with Gasteiger partial charge in [-0.1, -0.05) is 84.9 Å². The molecule has 5 atom stereocenters. The lowest BCUT2D eigenvalue weighted by molar-refractivity contribution is -0.139. The van der Waals surface area contributed by atoms with Crippen molar-refractivity contribution in [2.45, 2.75) is 62.1 Å². The number of carbonyl (C=O) groups excluding carboxylic acids is 2. The third-order valence-corrected chi connectivity index (χ3v) is 10.9. The Balaban J connectivity index is 1.29. The average Bonchev–Trinajstić information content (AvgIpc) is 3.64. The standard InChI is InChI=1S/C35H40N2O7S/c38-32(30(19-25-9-3-1-4-10-25)36-34(40)44-28-15-18-43-22-28)21-35(20-26-11-5-2-6-12-26)16-17-37(33(35)39)31-24-45(41,42)23-27-13-7-8-14-29(27)31/h1-14,28,30-32,38H,15-24H2,(H,36,40)/t28-,30-,31+,32-,35+/m0/s1. The lowest BCUT2D eigenvalue weighted by Crippen LogP contribution is -2.50. The Hall–Kier alpha value is -3.73. The molecule has 2 fully saturated rings. The number of fused-ring (bicyclic) bond motifs is 1. The van der Waals surface area contributed by atoms with Crippen LogP contribution in [0.2, 0.25) is 0 Å². The van der Waals surface area contributed by atoms with E-state index in [1.165, 1.54) is 0 Å². The molecule has 0 saturated carbocycles. The summed E-state index contributed by atoms with van der Waals surface area (Å²) in [6, 6.07) is 25.4. The number of aliphatic hydroxyl groups is 1. The summed E-state index contributed by atoms with van der Waals surface area (Å²) in [4.78, 5) is 29.3. The molecule has 0 bridgehead atoms. The highest BCUT2D eigenvalue weighted by Gasteiger charge is 2.51. The number of amides is 2. The summed E-state index contributed by atoms with van der Waals surface area (Å²) < 4.78 is 36.8. The van der Waals surface area contributed by atoms with Crippen LogP contribution in [0.5, 0.6) is 0 Å². The number of sulfone groups is 1. The van der Waals surface area contributed by atoms with Crippen LogP contribution in [0.1, 0.15) is 47.6 Å². The minimum absolute atomic E-state index is 0.0362. The number of carbonyl (C=O) groups is 2. The van der Waals surface area contributed by atoms with Gasteiger partial charge in [-0.2, -0.15) is 0 Å². The number of nitrogens with zero attached hydrogens (tertiary/aromatic N) is 1. The molecule has 3 heterocycles. The summed E-state index contributed by atoms with van der Waals surface area (Å²) >= 11 is 0. The number of hydrogen-bond acceptors (Lipinski definition) is 7. The van der Waals surface area contributed by atoms with Crippen LogP contribution in [-0.2, 0) is 42.7 Å². The maximum Gasteiger partial charge on any atom is 0.407 e. The summed E-state index contributed by atoms with van der Waals surface area (Å²) in [5.41, 5.74) is 2.45. The number of rotatable bonds is 10. The van der Waals surface area contributed by atoms with Crippen LogP contribution >= 0.6 is 0 Å². The minimum atomic E-state index is -3.41. The summed E-state index contributed by atoms with van der Waals surface area (Å²) in [5, 5.41) is 14.8. The second kappa shape index (κ2) is 13.3. The van der Waals surface area contributed by atoms with Crippen molar-refractivity contribution in [1.29, 1.82) is 0 Å². The molecule has 45 heavy (non-hydrogen) atoms. The van der Waals surface area contributed by atoms with E-state index in [0.29, 0.717) is 45.4 Å². The first-order valence-corrected chi connectivity index (χ1v) is 17.4. The van der Waals surface area contributed by atoms with E-state index in [1.807, 2.05) is 84.9 Å². The van der Waals surface area contributed by atoms with Gasteiger partial charge in [0.05, 0.1) is 48.3 Å². The maximum atomic E-state index is 14.6. The van der Waals surface area contributed by atoms with E-state index in [2.05, 4.69) is 5.32 Å². The molecule has 0 spiro atoms. The van der Waals surface area contributed by atoms with E-state index in [4.69, 9.17) is 9.47 Å². The van der Waals surface area contributed by atoms with Crippen molar-refractivity contribution < 1.29 is 32.6 Å². The molecule has 238 valence electrons. The molecular formula is C35H40N2O7S. The van der Waals surface area contributed by atoms with Crippen LogP contribution in [-0.4, -0.2) is 74.2 Å². The van der Waals surface area contributed by atoms with Gasteiger partial charge in [-0.3, -0.25) is 4.79 Å². The Bertz CT molecular complexity index is 1590. The second-order valence-corrected chi connectivity index (χ2v) is 14.7. The van der Waals surface area contributed by atoms with Crippen molar-refractivity contribution in [3.63, 3.8) is 0 Å². The highest BCUT2D eigenvalue weighted by Crippen LogP contribution is 2.45. The van der Waals surface area contributed by atoms with Gasteiger partial charge in [0.1, 0.15) is 6.10 Å². The van der Waals surface area contributed by atoms with Crippen LogP contribution < -0.4 is 5.32 Å². The molecule has 0 radical (unpaired) electrons. The first-order chi connectivity index (χ1) is 21.7. The van der Waals surface area contributed by atoms with Crippen LogP contribution in [0, 0.1) is 5.41 Å². The Morgan fingerprint density at radius 2 is 1.71 bits per heavy atom. The number of ether oxygens (including phenoxy) is 2. The lowest BCUT2D eigenvalue weighted by Gasteiger charge is -2.36. The van der Waals surface area contributed by atoms with E-state index in [1.54, 1.807) is 4.90 Å². The molecule has 3 aromatic carbocycles. The fraction of sp³-hybridized carbons (Fsp3) is 0.429. The van der Waals surface area contributed by atoms with Crippen LogP contribution in [0.25, 0.3) is 0 Å². The lowest BCUT2D eigenvalue weighted by atomic mass is 9.74. The zero-order valence-corrected chi connectivity index (χ0v) is 26.0. The summed E-state index contributed by atoms with van der Waals surface area (Å²) in [7, 11) is -3.41. The molecule has 9 nitrogen and oxygen atoms in total. The number of aliphatic hydroxyl groups excluding tert-OH is 1. The average molecular weight is 633 g/mol. The van der Waals surface area contributed by atoms with Gasteiger partial charge in [-0.05, 0) is 47.9 Å². The molecule has 3 aliphatic heterocycles. The fourth-order valence-electron chi connectivity index (χ4n) is 7.07. The zero-order valence-electron chi connectivity index (χ0n) is 25.2. The van der Waals surface area contributed by atoms with Crippen molar-refractivity contribution in [2.75, 3.05) is 25.5 Å². The van der Waals surface area contributed by atoms with Gasteiger partial charge in [0.25, 0.3) is 0 Å². The highest BCUT2D eigenvalue weighted by molar-refractivity contribution is 7.90. The maximum absolute atomic E-state index is 14.6. The van der Waals surface area contributed by atoms with Gasteiger partial charge in [-0.25, -0.2) is 13.2 Å². The van der Waals surface area contributed by atoms with Gasteiger partial charge in [0.15, 0.2) is 9.84 Å². The number of benzene rings is 3. The van der Waals surface area contributed by atoms with Crippen molar-refractivity contribution in [3.05, 3.63) is 107 Å². The molecule has 3 aliphatic rings. The molecule has 0 unspecified atom stereocenters. The zero-order chi connectivity index (χ0) is 31.4. The Morgan fingerprint density at radius 1 is 1.02 bits per heavy atom. The van der Waals surface area contributed by atoms with Crippen molar-refractivity contribution in [2.24, 2.45) is 5.41 Å². The summed E-state index contributed by atoms with van der Waals surface area (Å²) in [5.74, 6) is -0.341. The number of hydrogen-bond donors (Lipinski definition) is 2. The first kappa shape index (κ1) is 31.3. The summed E-state index contributed by atoms with van der Waals surface area (Å²) in [6.07, 6.45) is -0.206. The smallest absolute Gasteiger partial charge is 0.407 e. The van der Waals surface area contributed by atoms with Crippen molar-refractivity contribution in [1.82, 2.24) is 10.2 Å². The third-order valence-electron chi connectivity index (χ3n) is 9.34. The molecule has 2 amide bonds. The molecule has 3 aromatic rings. The Kier molecular flexibility index (Phi) is 9.26. The molecule has 10 heteroatoms. The number of alkyl carbamates (subject to hydrolysis) is 1. The molecule has 2 N–H and O–H groups in total. The van der Waals surface area contributed by atoms with Crippen molar-refractivity contribution >= 4 is 21.8 Å². The molecule has 0 aliphatic carbocycles. The third kappa shape index (κ3) is 7.24. The SMILES string of the molecule is O=C(N[C@@H](Cc1ccccc1)[C@@H](O)C[C@]1(Cc2ccccc2)CCN([C@@H]2CS(=O)(=O)Cc3ccccc32)C1=O)O[C@H]1CCOC1. The van der Waals surface area contributed by atoms with Crippen LogP contribution in [0.4, 0.5) is 4.79 Å². The highest BCUT2D eigenvalue weighted by atomic mass is 32.2.